The molecule has 20 heavy (non-hydrogen) atoms. The molecular weight excluding hydrogens is 268 g/mol. The average Bonchev–Trinajstić information content (AvgIpc) is 2.81. The van der Waals surface area contributed by atoms with Crippen molar-refractivity contribution in [2.24, 2.45) is 0 Å². The van der Waals surface area contributed by atoms with Crippen LogP contribution in [0.25, 0.3) is 0 Å². The highest BCUT2D eigenvalue weighted by molar-refractivity contribution is 7.99. The maximum atomic E-state index is 11.6. The topological polar surface area (TPSA) is 34.1 Å². The Labute approximate surface area is 122 Å². The summed E-state index contributed by atoms with van der Waals surface area (Å²) in [5.41, 5.74) is 2.76. The summed E-state index contributed by atoms with van der Waals surface area (Å²) in [5, 5.41) is 0. The van der Waals surface area contributed by atoms with Crippen LogP contribution in [0.1, 0.15) is 39.6 Å². The summed E-state index contributed by atoms with van der Waals surface area (Å²) in [6.45, 7) is 1.57. The molecule has 1 aliphatic rings. The van der Waals surface area contributed by atoms with Crippen LogP contribution in [-0.2, 0) is 6.42 Å². The fraction of sp³-hybridized carbons (Fsp3) is 0.176. The van der Waals surface area contributed by atoms with Crippen LogP contribution in [0.5, 0.6) is 0 Å². The summed E-state index contributed by atoms with van der Waals surface area (Å²) < 4.78 is 0. The third kappa shape index (κ3) is 2.54. The van der Waals surface area contributed by atoms with Gasteiger partial charge in [-0.15, -0.1) is 0 Å². The molecule has 100 valence electrons. The third-order valence-electron chi connectivity index (χ3n) is 3.50. The number of carbonyl (C=O) groups excluding carboxylic acids is 2. The molecule has 0 amide bonds. The molecule has 1 aliphatic carbocycles. The average molecular weight is 282 g/mol. The van der Waals surface area contributed by atoms with Crippen molar-refractivity contribution in [2.75, 3.05) is 0 Å². The second-order valence-electron chi connectivity index (χ2n) is 4.92. The lowest BCUT2D eigenvalue weighted by molar-refractivity contribution is 0.0991. The minimum absolute atomic E-state index is 0.0811. The zero-order chi connectivity index (χ0) is 14.1. The molecule has 0 aliphatic heterocycles. The fourth-order valence-corrected chi connectivity index (χ4v) is 3.27. The van der Waals surface area contributed by atoms with E-state index in [2.05, 4.69) is 6.07 Å². The first-order chi connectivity index (χ1) is 9.63. The molecule has 0 N–H and O–H groups in total. The van der Waals surface area contributed by atoms with E-state index in [1.54, 1.807) is 18.7 Å². The summed E-state index contributed by atoms with van der Waals surface area (Å²) in [6, 6.07) is 13.6. The highest BCUT2D eigenvalue weighted by Crippen LogP contribution is 2.32. The van der Waals surface area contributed by atoms with E-state index in [0.717, 1.165) is 32.9 Å². The maximum Gasteiger partial charge on any atom is 0.163 e. The molecule has 0 saturated carbocycles. The molecule has 3 heteroatoms. The fourth-order valence-electron chi connectivity index (χ4n) is 2.39. The van der Waals surface area contributed by atoms with Crippen molar-refractivity contribution in [1.29, 1.82) is 0 Å². The number of ketones is 2. The highest BCUT2D eigenvalue weighted by atomic mass is 32.2. The quantitative estimate of drug-likeness (QED) is 0.792. The van der Waals surface area contributed by atoms with Crippen LogP contribution in [0.4, 0.5) is 0 Å². The Kier molecular flexibility index (Phi) is 3.45. The van der Waals surface area contributed by atoms with Gasteiger partial charge in [-0.2, -0.15) is 0 Å². The van der Waals surface area contributed by atoms with Gasteiger partial charge in [-0.25, -0.2) is 0 Å². The number of Topliss-reactive ketones (excluding diaryl/α,β-unsaturated/α-hetero) is 2. The lowest BCUT2D eigenvalue weighted by Crippen LogP contribution is -1.91. The zero-order valence-electron chi connectivity index (χ0n) is 11.2. The van der Waals surface area contributed by atoms with E-state index in [1.807, 2.05) is 36.4 Å². The van der Waals surface area contributed by atoms with Crippen molar-refractivity contribution in [3.8, 4) is 0 Å². The lowest BCUT2D eigenvalue weighted by Gasteiger charge is -2.05. The molecule has 2 aromatic rings. The van der Waals surface area contributed by atoms with Gasteiger partial charge < -0.3 is 0 Å². The van der Waals surface area contributed by atoms with Gasteiger partial charge >= 0.3 is 0 Å². The number of benzene rings is 2. The smallest absolute Gasteiger partial charge is 0.163 e. The Morgan fingerprint density at radius 3 is 2.40 bits per heavy atom. The van der Waals surface area contributed by atoms with Gasteiger partial charge in [0, 0.05) is 27.3 Å². The monoisotopic (exact) mass is 282 g/mol. The van der Waals surface area contributed by atoms with Gasteiger partial charge in [0.15, 0.2) is 11.6 Å². The van der Waals surface area contributed by atoms with Gasteiger partial charge in [0.2, 0.25) is 0 Å². The first-order valence-electron chi connectivity index (χ1n) is 6.58. The summed E-state index contributed by atoms with van der Waals surface area (Å²) in [5.74, 6) is 0.333. The minimum atomic E-state index is 0.0811. The minimum Gasteiger partial charge on any atom is -0.295 e. The predicted molar refractivity (Wildman–Crippen MR) is 79.7 cm³/mol. The number of rotatable bonds is 3. The number of hydrogen-bond donors (Lipinski definition) is 0. The summed E-state index contributed by atoms with van der Waals surface area (Å²) in [4.78, 5) is 25.1. The zero-order valence-corrected chi connectivity index (χ0v) is 12.0. The molecule has 0 unspecified atom stereocenters. The summed E-state index contributed by atoms with van der Waals surface area (Å²) in [6.07, 6.45) is 1.49. The van der Waals surface area contributed by atoms with Crippen molar-refractivity contribution >= 4 is 23.3 Å². The van der Waals surface area contributed by atoms with E-state index < -0.39 is 0 Å². The number of aryl methyl sites for hydroxylation is 1. The van der Waals surface area contributed by atoms with Gasteiger partial charge in [0.25, 0.3) is 0 Å². The van der Waals surface area contributed by atoms with E-state index in [0.29, 0.717) is 6.42 Å². The van der Waals surface area contributed by atoms with Crippen LogP contribution in [0.3, 0.4) is 0 Å². The van der Waals surface area contributed by atoms with Gasteiger partial charge in [-0.1, -0.05) is 30.0 Å². The number of carbonyl (C=O) groups is 2. The van der Waals surface area contributed by atoms with E-state index >= 15 is 0 Å². The van der Waals surface area contributed by atoms with Crippen molar-refractivity contribution in [1.82, 2.24) is 0 Å². The molecule has 0 atom stereocenters. The standard InChI is InChI=1S/C17H14O2S/c1-11(18)12-2-5-14(6-3-12)20-15-7-8-16-13(10-15)4-9-17(16)19/h2-3,5-8,10H,4,9H2,1H3. The molecule has 0 fully saturated rings. The van der Waals surface area contributed by atoms with Crippen molar-refractivity contribution in [3.63, 3.8) is 0 Å². The Morgan fingerprint density at radius 2 is 1.70 bits per heavy atom. The van der Waals surface area contributed by atoms with Crippen molar-refractivity contribution < 1.29 is 9.59 Å². The molecule has 3 rings (SSSR count). The third-order valence-corrected chi connectivity index (χ3v) is 4.49. The van der Waals surface area contributed by atoms with Crippen molar-refractivity contribution in [3.05, 3.63) is 59.2 Å². The van der Waals surface area contributed by atoms with Crippen LogP contribution in [-0.4, -0.2) is 11.6 Å². The van der Waals surface area contributed by atoms with E-state index in [4.69, 9.17) is 0 Å². The Bertz CT molecular complexity index is 687. The lowest BCUT2D eigenvalue weighted by atomic mass is 10.1. The number of hydrogen-bond acceptors (Lipinski definition) is 3. The highest BCUT2D eigenvalue weighted by Gasteiger charge is 2.19. The SMILES string of the molecule is CC(=O)c1ccc(Sc2ccc3c(c2)CCC3=O)cc1. The van der Waals surface area contributed by atoms with Crippen LogP contribution in [0.2, 0.25) is 0 Å². The van der Waals surface area contributed by atoms with Gasteiger partial charge in [0.1, 0.15) is 0 Å². The van der Waals surface area contributed by atoms with Crippen molar-refractivity contribution in [2.45, 2.75) is 29.6 Å². The molecule has 0 aromatic heterocycles. The molecule has 0 saturated heterocycles. The Morgan fingerprint density at radius 1 is 1.00 bits per heavy atom. The maximum absolute atomic E-state index is 11.6. The van der Waals surface area contributed by atoms with E-state index in [-0.39, 0.29) is 11.6 Å². The van der Waals surface area contributed by atoms with Gasteiger partial charge in [-0.05, 0) is 43.2 Å². The molecule has 0 spiro atoms. The molecule has 0 heterocycles. The van der Waals surface area contributed by atoms with E-state index in [9.17, 15) is 9.59 Å². The summed E-state index contributed by atoms with van der Waals surface area (Å²) in [7, 11) is 0. The second kappa shape index (κ2) is 5.25. The first kappa shape index (κ1) is 13.1. The second-order valence-corrected chi connectivity index (χ2v) is 6.07. The summed E-state index contributed by atoms with van der Waals surface area (Å²) >= 11 is 1.65. The van der Waals surface area contributed by atoms with E-state index in [1.165, 1.54) is 0 Å². The van der Waals surface area contributed by atoms with Crippen LogP contribution in [0, 0.1) is 0 Å². The first-order valence-corrected chi connectivity index (χ1v) is 7.40. The number of fused-ring (bicyclic) bond motifs is 1. The Balaban J connectivity index is 1.81. The van der Waals surface area contributed by atoms with Crippen LogP contribution >= 0.6 is 11.8 Å². The van der Waals surface area contributed by atoms with Gasteiger partial charge in [0.05, 0.1) is 0 Å². The van der Waals surface area contributed by atoms with Crippen LogP contribution < -0.4 is 0 Å². The molecular formula is C17H14O2S. The predicted octanol–water partition coefficient (Wildman–Crippen LogP) is 4.17. The molecule has 0 bridgehead atoms. The van der Waals surface area contributed by atoms with Gasteiger partial charge in [-0.3, -0.25) is 9.59 Å². The molecule has 2 nitrogen and oxygen atoms in total. The largest absolute Gasteiger partial charge is 0.295 e. The normalized spacial score (nSPS) is 13.3. The molecule has 0 radical (unpaired) electrons. The molecule has 2 aromatic carbocycles. The van der Waals surface area contributed by atoms with Crippen LogP contribution in [0.15, 0.2) is 52.3 Å². The Hall–Kier alpha value is -1.87.